The van der Waals surface area contributed by atoms with Crippen LogP contribution in [0.3, 0.4) is 0 Å². The fourth-order valence-electron chi connectivity index (χ4n) is 4.71. The van der Waals surface area contributed by atoms with Crippen LogP contribution < -0.4 is 4.74 Å². The zero-order chi connectivity index (χ0) is 17.3. The lowest BCUT2D eigenvalue weighted by Crippen LogP contribution is -2.36. The summed E-state index contributed by atoms with van der Waals surface area (Å²) in [4.78, 5) is 14.1. The molecule has 0 radical (unpaired) electrons. The molecule has 25 heavy (non-hydrogen) atoms. The van der Waals surface area contributed by atoms with E-state index in [2.05, 4.69) is 23.1 Å². The maximum atomic E-state index is 11.7. The first-order chi connectivity index (χ1) is 12.2. The Hall–Kier alpha value is -2.07. The summed E-state index contributed by atoms with van der Waals surface area (Å²) in [5, 5.41) is 12.0. The number of hydrogen-bond acceptors (Lipinski definition) is 3. The van der Waals surface area contributed by atoms with Crippen LogP contribution in [0, 0.1) is 11.3 Å². The van der Waals surface area contributed by atoms with Gasteiger partial charge in [-0.3, -0.25) is 4.79 Å². The maximum absolute atomic E-state index is 11.7. The molecule has 0 aromatic heterocycles. The molecular formula is C21H25NO3. The molecule has 2 aliphatic rings. The molecule has 4 nitrogen and oxygen atoms in total. The molecule has 2 aromatic rings. The molecule has 132 valence electrons. The first kappa shape index (κ1) is 16.4. The fraction of sp³-hybridized carbons (Fsp3) is 0.476. The van der Waals surface area contributed by atoms with Crippen molar-refractivity contribution in [2.24, 2.45) is 11.3 Å². The van der Waals surface area contributed by atoms with Crippen LogP contribution in [0.25, 0.3) is 10.8 Å². The Labute approximate surface area is 148 Å². The van der Waals surface area contributed by atoms with E-state index in [0.29, 0.717) is 19.1 Å². The monoisotopic (exact) mass is 339 g/mol. The van der Waals surface area contributed by atoms with Crippen LogP contribution in [-0.2, 0) is 4.79 Å². The van der Waals surface area contributed by atoms with E-state index in [1.807, 2.05) is 24.3 Å². The average Bonchev–Trinajstić information content (AvgIpc) is 3.17. The van der Waals surface area contributed by atoms with E-state index >= 15 is 0 Å². The number of carbonyl (C=O) groups is 1. The Balaban J connectivity index is 1.31. The molecule has 1 N–H and O–H groups in total. The van der Waals surface area contributed by atoms with Crippen LogP contribution in [0.1, 0.15) is 25.7 Å². The first-order valence-electron chi connectivity index (χ1n) is 9.25. The van der Waals surface area contributed by atoms with Gasteiger partial charge in [-0.05, 0) is 36.6 Å². The molecule has 0 spiro atoms. The summed E-state index contributed by atoms with van der Waals surface area (Å²) >= 11 is 0. The quantitative estimate of drug-likeness (QED) is 0.814. The summed E-state index contributed by atoms with van der Waals surface area (Å²) in [6.07, 6.45) is 3.89. The van der Waals surface area contributed by atoms with E-state index in [0.717, 1.165) is 49.9 Å². The number of likely N-dealkylation sites (tertiary alicyclic amines) is 1. The van der Waals surface area contributed by atoms with Crippen LogP contribution in [-0.4, -0.2) is 42.2 Å². The lowest BCUT2D eigenvalue weighted by atomic mass is 9.81. The zero-order valence-corrected chi connectivity index (χ0v) is 14.5. The fourth-order valence-corrected chi connectivity index (χ4v) is 4.71. The van der Waals surface area contributed by atoms with Crippen molar-refractivity contribution in [3.05, 3.63) is 42.5 Å². The van der Waals surface area contributed by atoms with Crippen molar-refractivity contribution in [2.45, 2.75) is 25.7 Å². The van der Waals surface area contributed by atoms with E-state index in [4.69, 9.17) is 4.74 Å². The molecule has 2 atom stereocenters. The van der Waals surface area contributed by atoms with Gasteiger partial charge in [-0.1, -0.05) is 42.8 Å². The summed E-state index contributed by atoms with van der Waals surface area (Å²) < 4.78 is 6.00. The lowest BCUT2D eigenvalue weighted by molar-refractivity contribution is -0.149. The third-order valence-electron chi connectivity index (χ3n) is 5.99. The van der Waals surface area contributed by atoms with Crippen LogP contribution in [0.2, 0.25) is 0 Å². The molecule has 1 aliphatic heterocycles. The standard InChI is InChI=1S/C21H25NO3/c23-20(24)21-11-4-8-17(21)14-22(15-21)12-5-13-25-19-10-3-7-16-6-1-2-9-18(16)19/h1-3,6-7,9-10,17H,4-5,8,11-15H2,(H,23,24)/t17-,21+/m0/s1. The first-order valence-corrected chi connectivity index (χ1v) is 9.25. The van der Waals surface area contributed by atoms with Crippen molar-refractivity contribution in [3.8, 4) is 5.75 Å². The van der Waals surface area contributed by atoms with E-state index < -0.39 is 11.4 Å². The van der Waals surface area contributed by atoms with Gasteiger partial charge < -0.3 is 14.7 Å². The zero-order valence-electron chi connectivity index (χ0n) is 14.5. The highest BCUT2D eigenvalue weighted by atomic mass is 16.5. The van der Waals surface area contributed by atoms with E-state index in [-0.39, 0.29) is 0 Å². The number of benzene rings is 2. The minimum atomic E-state index is -0.593. The predicted molar refractivity (Wildman–Crippen MR) is 97.9 cm³/mol. The van der Waals surface area contributed by atoms with Gasteiger partial charge in [-0.15, -0.1) is 0 Å². The number of fused-ring (bicyclic) bond motifs is 2. The molecule has 0 bridgehead atoms. The molecule has 0 amide bonds. The largest absolute Gasteiger partial charge is 0.493 e. The number of nitrogens with zero attached hydrogens (tertiary/aromatic N) is 1. The van der Waals surface area contributed by atoms with Crippen molar-refractivity contribution in [2.75, 3.05) is 26.2 Å². The minimum Gasteiger partial charge on any atom is -0.493 e. The van der Waals surface area contributed by atoms with Gasteiger partial charge in [0.05, 0.1) is 12.0 Å². The number of rotatable bonds is 6. The average molecular weight is 339 g/mol. The maximum Gasteiger partial charge on any atom is 0.311 e. The molecule has 1 aliphatic carbocycles. The van der Waals surface area contributed by atoms with E-state index in [1.54, 1.807) is 0 Å². The van der Waals surface area contributed by atoms with Crippen molar-refractivity contribution in [1.29, 1.82) is 0 Å². The van der Waals surface area contributed by atoms with Gasteiger partial charge in [-0.2, -0.15) is 0 Å². The molecular weight excluding hydrogens is 314 g/mol. The number of carboxylic acid groups (broad SMARTS) is 1. The van der Waals surface area contributed by atoms with Crippen molar-refractivity contribution in [3.63, 3.8) is 0 Å². The predicted octanol–water partition coefficient (Wildman–Crippen LogP) is 3.80. The molecule has 4 heteroatoms. The second-order valence-corrected chi connectivity index (χ2v) is 7.46. The molecule has 2 aromatic carbocycles. The van der Waals surface area contributed by atoms with Crippen molar-refractivity contribution >= 4 is 16.7 Å². The van der Waals surface area contributed by atoms with Gasteiger partial charge in [0.1, 0.15) is 5.75 Å². The van der Waals surface area contributed by atoms with Gasteiger partial charge in [0.25, 0.3) is 0 Å². The van der Waals surface area contributed by atoms with Crippen LogP contribution >= 0.6 is 0 Å². The van der Waals surface area contributed by atoms with E-state index in [9.17, 15) is 9.90 Å². The number of ether oxygens (including phenoxy) is 1. The highest BCUT2D eigenvalue weighted by Crippen LogP contribution is 2.48. The smallest absolute Gasteiger partial charge is 0.311 e. The molecule has 2 fully saturated rings. The minimum absolute atomic E-state index is 0.337. The van der Waals surface area contributed by atoms with Gasteiger partial charge in [-0.25, -0.2) is 0 Å². The Morgan fingerprint density at radius 2 is 2.08 bits per heavy atom. The van der Waals surface area contributed by atoms with Crippen molar-refractivity contribution in [1.82, 2.24) is 4.90 Å². The Bertz CT molecular complexity index is 769. The highest BCUT2D eigenvalue weighted by molar-refractivity contribution is 5.88. The van der Waals surface area contributed by atoms with Crippen molar-refractivity contribution < 1.29 is 14.6 Å². The second kappa shape index (κ2) is 6.68. The normalized spacial score (nSPS) is 26.0. The van der Waals surface area contributed by atoms with Gasteiger partial charge in [0, 0.05) is 25.0 Å². The third-order valence-corrected chi connectivity index (χ3v) is 5.99. The van der Waals surface area contributed by atoms with Crippen LogP contribution in [0.4, 0.5) is 0 Å². The summed E-state index contributed by atoms with van der Waals surface area (Å²) in [6, 6.07) is 14.4. The third kappa shape index (κ3) is 2.99. The molecule has 1 heterocycles. The Morgan fingerprint density at radius 1 is 1.24 bits per heavy atom. The van der Waals surface area contributed by atoms with Crippen LogP contribution in [0.5, 0.6) is 5.75 Å². The van der Waals surface area contributed by atoms with Gasteiger partial charge in [0.15, 0.2) is 0 Å². The molecule has 1 saturated carbocycles. The summed E-state index contributed by atoms with van der Waals surface area (Å²) in [5.41, 5.74) is -0.476. The lowest BCUT2D eigenvalue weighted by Gasteiger charge is -2.23. The van der Waals surface area contributed by atoms with E-state index in [1.165, 1.54) is 5.39 Å². The number of carboxylic acids is 1. The summed E-state index contributed by atoms with van der Waals surface area (Å²) in [5.74, 6) is 0.673. The molecule has 0 unspecified atom stereocenters. The number of aliphatic carboxylic acids is 1. The number of hydrogen-bond donors (Lipinski definition) is 1. The molecule has 4 rings (SSSR count). The summed E-state index contributed by atoms with van der Waals surface area (Å²) in [7, 11) is 0. The van der Waals surface area contributed by atoms with Gasteiger partial charge in [0.2, 0.25) is 0 Å². The Morgan fingerprint density at radius 3 is 2.92 bits per heavy atom. The SMILES string of the molecule is O=C(O)[C@@]12CCC[C@H]1CN(CCCOc1cccc3ccccc13)C2. The van der Waals surface area contributed by atoms with Gasteiger partial charge >= 0.3 is 5.97 Å². The van der Waals surface area contributed by atoms with Crippen LogP contribution in [0.15, 0.2) is 42.5 Å². The molecule has 1 saturated heterocycles. The second-order valence-electron chi connectivity index (χ2n) is 7.46. The Kier molecular flexibility index (Phi) is 4.38. The highest BCUT2D eigenvalue weighted by Gasteiger charge is 2.54. The summed E-state index contributed by atoms with van der Waals surface area (Å²) in [6.45, 7) is 3.22. The topological polar surface area (TPSA) is 49.8 Å².